The Morgan fingerprint density at radius 2 is 1.71 bits per heavy atom. The maximum absolute atomic E-state index is 12.5. The Kier molecular flexibility index (Phi) is 4.44. The number of benzene rings is 1. The Hall–Kier alpha value is -1.33. The zero-order valence-electron chi connectivity index (χ0n) is 11.3. The summed E-state index contributed by atoms with van der Waals surface area (Å²) in [7, 11) is 0. The highest BCUT2D eigenvalue weighted by molar-refractivity contribution is 7.12. The van der Waals surface area contributed by atoms with Crippen LogP contribution >= 0.6 is 22.9 Å². The average molecular weight is 333 g/mol. The predicted octanol–water partition coefficient (Wildman–Crippen LogP) is 5.35. The van der Waals surface area contributed by atoms with Gasteiger partial charge in [-0.15, -0.1) is 11.3 Å². The largest absolute Gasteiger partial charge is 0.416 e. The van der Waals surface area contributed by atoms with Crippen LogP contribution in [0.1, 0.15) is 36.8 Å². The smallest absolute Gasteiger partial charge is 0.276 e. The summed E-state index contributed by atoms with van der Waals surface area (Å²) in [5.41, 5.74) is 1.29. The molecule has 112 valence electrons. The van der Waals surface area contributed by atoms with E-state index in [1.807, 2.05) is 13.8 Å². The van der Waals surface area contributed by atoms with Crippen molar-refractivity contribution < 1.29 is 18.0 Å². The number of rotatable bonds is 3. The fraction of sp³-hybridized carbons (Fsp3) is 0.267. The molecule has 0 unspecified atom stereocenters. The van der Waals surface area contributed by atoms with E-state index in [1.165, 1.54) is 23.5 Å². The third kappa shape index (κ3) is 3.47. The highest BCUT2D eigenvalue weighted by Gasteiger charge is 2.30. The SMILES string of the molecule is Cc1sc(C)c(C(=O)Cl)c1Cc1ccc(C(F)(F)F)cc1. The lowest BCUT2D eigenvalue weighted by atomic mass is 10.00. The molecule has 0 saturated heterocycles. The van der Waals surface area contributed by atoms with Crippen molar-refractivity contribution in [2.24, 2.45) is 0 Å². The lowest BCUT2D eigenvalue weighted by Crippen LogP contribution is -2.05. The maximum atomic E-state index is 12.5. The van der Waals surface area contributed by atoms with Crippen LogP contribution in [0.3, 0.4) is 0 Å². The first kappa shape index (κ1) is 16.0. The van der Waals surface area contributed by atoms with Gasteiger partial charge in [0.1, 0.15) is 0 Å². The van der Waals surface area contributed by atoms with Crippen molar-refractivity contribution in [3.05, 3.63) is 56.3 Å². The Labute approximate surface area is 129 Å². The molecule has 0 N–H and O–H groups in total. The average Bonchev–Trinajstić information content (AvgIpc) is 2.63. The van der Waals surface area contributed by atoms with Gasteiger partial charge in [-0.05, 0) is 55.1 Å². The van der Waals surface area contributed by atoms with Gasteiger partial charge < -0.3 is 0 Å². The van der Waals surface area contributed by atoms with Gasteiger partial charge in [-0.2, -0.15) is 13.2 Å². The maximum Gasteiger partial charge on any atom is 0.416 e. The van der Waals surface area contributed by atoms with Gasteiger partial charge in [-0.1, -0.05) is 12.1 Å². The van der Waals surface area contributed by atoms with Crippen molar-refractivity contribution in [2.75, 3.05) is 0 Å². The van der Waals surface area contributed by atoms with Crippen molar-refractivity contribution in [1.82, 2.24) is 0 Å². The number of thiophene rings is 1. The molecular weight excluding hydrogens is 321 g/mol. The number of halogens is 4. The number of aryl methyl sites for hydroxylation is 2. The highest BCUT2D eigenvalue weighted by atomic mass is 35.5. The van der Waals surface area contributed by atoms with E-state index in [0.29, 0.717) is 17.5 Å². The van der Waals surface area contributed by atoms with Crippen LogP contribution in [-0.4, -0.2) is 5.24 Å². The number of alkyl halides is 3. The van der Waals surface area contributed by atoms with Crippen molar-refractivity contribution in [3.8, 4) is 0 Å². The van der Waals surface area contributed by atoms with Gasteiger partial charge in [0.2, 0.25) is 0 Å². The van der Waals surface area contributed by atoms with Gasteiger partial charge in [0, 0.05) is 9.75 Å². The van der Waals surface area contributed by atoms with Gasteiger partial charge in [-0.25, -0.2) is 0 Å². The summed E-state index contributed by atoms with van der Waals surface area (Å²) in [5.74, 6) is 0. The number of hydrogen-bond donors (Lipinski definition) is 0. The molecule has 6 heteroatoms. The summed E-state index contributed by atoms with van der Waals surface area (Å²) in [6, 6.07) is 4.95. The molecule has 2 aromatic rings. The lowest BCUT2D eigenvalue weighted by Gasteiger charge is -2.08. The normalized spacial score (nSPS) is 11.7. The Balaban J connectivity index is 2.33. The number of hydrogen-bond acceptors (Lipinski definition) is 2. The summed E-state index contributed by atoms with van der Waals surface area (Å²) in [6.07, 6.45) is -3.95. The van der Waals surface area contributed by atoms with Gasteiger partial charge in [0.05, 0.1) is 11.1 Å². The van der Waals surface area contributed by atoms with Crippen LogP contribution in [0.25, 0.3) is 0 Å². The van der Waals surface area contributed by atoms with Gasteiger partial charge in [0.25, 0.3) is 5.24 Å². The van der Waals surface area contributed by atoms with Gasteiger partial charge in [-0.3, -0.25) is 4.79 Å². The monoisotopic (exact) mass is 332 g/mol. The predicted molar refractivity (Wildman–Crippen MR) is 78.2 cm³/mol. The highest BCUT2D eigenvalue weighted by Crippen LogP contribution is 2.32. The first-order valence-corrected chi connectivity index (χ1v) is 7.34. The molecule has 0 aliphatic rings. The van der Waals surface area contributed by atoms with E-state index in [1.54, 1.807) is 0 Å². The summed E-state index contributed by atoms with van der Waals surface area (Å²) in [4.78, 5) is 13.3. The van der Waals surface area contributed by atoms with E-state index < -0.39 is 17.0 Å². The topological polar surface area (TPSA) is 17.1 Å². The standard InChI is InChI=1S/C15H12ClF3OS/c1-8-12(13(14(16)20)9(2)21-8)7-10-3-5-11(6-4-10)15(17,18)19/h3-6H,7H2,1-2H3. The molecule has 0 aliphatic heterocycles. The molecule has 1 heterocycles. The lowest BCUT2D eigenvalue weighted by molar-refractivity contribution is -0.137. The zero-order chi connectivity index (χ0) is 15.8. The Morgan fingerprint density at radius 3 is 2.19 bits per heavy atom. The van der Waals surface area contributed by atoms with Crippen LogP contribution in [0, 0.1) is 13.8 Å². The molecule has 1 aromatic carbocycles. The van der Waals surface area contributed by atoms with E-state index in [0.717, 1.165) is 27.5 Å². The van der Waals surface area contributed by atoms with E-state index in [9.17, 15) is 18.0 Å². The summed E-state index contributed by atoms with van der Waals surface area (Å²) in [6.45, 7) is 3.68. The van der Waals surface area contributed by atoms with Crippen LogP contribution < -0.4 is 0 Å². The van der Waals surface area contributed by atoms with Crippen LogP contribution in [0.4, 0.5) is 13.2 Å². The second-order valence-corrected chi connectivity index (χ2v) is 6.49. The Morgan fingerprint density at radius 1 is 1.14 bits per heavy atom. The minimum atomic E-state index is -4.34. The fourth-order valence-corrected chi connectivity index (χ4v) is 3.60. The van der Waals surface area contributed by atoms with Crippen molar-refractivity contribution in [1.29, 1.82) is 0 Å². The van der Waals surface area contributed by atoms with E-state index >= 15 is 0 Å². The molecule has 21 heavy (non-hydrogen) atoms. The quantitative estimate of drug-likeness (QED) is 0.692. The number of carbonyl (C=O) groups is 1. The second kappa shape index (κ2) is 5.81. The molecule has 0 aliphatic carbocycles. The van der Waals surface area contributed by atoms with Crippen molar-refractivity contribution >= 4 is 28.2 Å². The molecule has 0 fully saturated rings. The van der Waals surface area contributed by atoms with Gasteiger partial charge in [0.15, 0.2) is 0 Å². The molecule has 0 radical (unpaired) electrons. The third-order valence-corrected chi connectivity index (χ3v) is 4.50. The zero-order valence-corrected chi connectivity index (χ0v) is 12.9. The third-order valence-electron chi connectivity index (χ3n) is 3.24. The van der Waals surface area contributed by atoms with Crippen LogP contribution in [-0.2, 0) is 12.6 Å². The molecule has 0 atom stereocenters. The van der Waals surface area contributed by atoms with Crippen LogP contribution in [0.2, 0.25) is 0 Å². The first-order chi connectivity index (χ1) is 9.70. The molecule has 1 nitrogen and oxygen atoms in total. The summed E-state index contributed by atoms with van der Waals surface area (Å²) < 4.78 is 37.6. The first-order valence-electron chi connectivity index (χ1n) is 6.15. The molecule has 1 aromatic heterocycles. The minimum absolute atomic E-state index is 0.391. The molecule has 0 amide bonds. The van der Waals surface area contributed by atoms with E-state index in [-0.39, 0.29) is 0 Å². The van der Waals surface area contributed by atoms with E-state index in [2.05, 4.69) is 0 Å². The van der Waals surface area contributed by atoms with Crippen LogP contribution in [0.15, 0.2) is 24.3 Å². The van der Waals surface area contributed by atoms with Crippen LogP contribution in [0.5, 0.6) is 0 Å². The second-order valence-electron chi connectivity index (χ2n) is 4.71. The fourth-order valence-electron chi connectivity index (χ4n) is 2.22. The van der Waals surface area contributed by atoms with E-state index in [4.69, 9.17) is 11.6 Å². The number of carbonyl (C=O) groups excluding carboxylic acids is 1. The molecular formula is C15H12ClF3OS. The summed E-state index contributed by atoms with van der Waals surface area (Å²) >= 11 is 7.06. The van der Waals surface area contributed by atoms with Crippen molar-refractivity contribution in [3.63, 3.8) is 0 Å². The molecule has 0 spiro atoms. The van der Waals surface area contributed by atoms with Gasteiger partial charge >= 0.3 is 6.18 Å². The molecule has 0 saturated carbocycles. The molecule has 2 rings (SSSR count). The van der Waals surface area contributed by atoms with Crippen molar-refractivity contribution in [2.45, 2.75) is 26.4 Å². The minimum Gasteiger partial charge on any atom is -0.276 e. The summed E-state index contributed by atoms with van der Waals surface area (Å²) in [5, 5.41) is -0.529. The Bertz CT molecular complexity index is 671. The molecule has 0 bridgehead atoms.